The van der Waals surface area contributed by atoms with Crippen LogP contribution in [0.4, 0.5) is 0 Å². The van der Waals surface area contributed by atoms with Gasteiger partial charge in [0.15, 0.2) is 0 Å². The summed E-state index contributed by atoms with van der Waals surface area (Å²) in [6, 6.07) is 11.5. The van der Waals surface area contributed by atoms with Crippen LogP contribution in [0.3, 0.4) is 0 Å². The first kappa shape index (κ1) is 14.2. The number of nitrogens with one attached hydrogen (secondary N) is 1. The Morgan fingerprint density at radius 2 is 1.95 bits per heavy atom. The van der Waals surface area contributed by atoms with Gasteiger partial charge in [-0.2, -0.15) is 0 Å². The predicted molar refractivity (Wildman–Crippen MR) is 76.6 cm³/mol. The van der Waals surface area contributed by atoms with E-state index in [9.17, 15) is 4.79 Å². The number of benzene rings is 1. The molecule has 0 fully saturated rings. The van der Waals surface area contributed by atoms with Crippen LogP contribution in [0.2, 0.25) is 0 Å². The Hall–Kier alpha value is -2.23. The molecule has 0 radical (unpaired) electrons. The van der Waals surface area contributed by atoms with E-state index in [1.54, 1.807) is 7.11 Å². The average Bonchev–Trinajstić information content (AvgIpc) is 2.89. The fourth-order valence-corrected chi connectivity index (χ4v) is 1.90. The number of hydrogen-bond acceptors (Lipinski definition) is 3. The summed E-state index contributed by atoms with van der Waals surface area (Å²) in [5.41, 5.74) is 1.12. The van der Waals surface area contributed by atoms with Crippen molar-refractivity contribution in [3.63, 3.8) is 0 Å². The second-order valence-electron chi connectivity index (χ2n) is 4.64. The Kier molecular flexibility index (Phi) is 4.82. The number of rotatable bonds is 6. The highest BCUT2D eigenvalue weighted by Gasteiger charge is 2.04. The van der Waals surface area contributed by atoms with Crippen LogP contribution in [0.25, 0.3) is 0 Å². The largest absolute Gasteiger partial charge is 0.497 e. The second-order valence-corrected chi connectivity index (χ2v) is 4.64. The normalized spacial score (nSPS) is 10.3. The summed E-state index contributed by atoms with van der Waals surface area (Å²) in [4.78, 5) is 11.7. The predicted octanol–water partition coefficient (Wildman–Crippen LogP) is 2.85. The maximum Gasteiger partial charge on any atom is 0.220 e. The van der Waals surface area contributed by atoms with E-state index >= 15 is 0 Å². The van der Waals surface area contributed by atoms with Gasteiger partial charge in [-0.05, 0) is 43.2 Å². The topological polar surface area (TPSA) is 51.5 Å². The van der Waals surface area contributed by atoms with Crippen molar-refractivity contribution in [1.29, 1.82) is 0 Å². The first-order chi connectivity index (χ1) is 9.67. The van der Waals surface area contributed by atoms with Gasteiger partial charge in [-0.3, -0.25) is 4.79 Å². The molecule has 1 N–H and O–H groups in total. The average molecular weight is 273 g/mol. The molecule has 0 saturated heterocycles. The zero-order valence-electron chi connectivity index (χ0n) is 11.8. The lowest BCUT2D eigenvalue weighted by atomic mass is 10.1. The van der Waals surface area contributed by atoms with Gasteiger partial charge in [-0.25, -0.2) is 0 Å². The molecule has 0 saturated carbocycles. The molecule has 0 atom stereocenters. The van der Waals surface area contributed by atoms with Gasteiger partial charge in [-0.15, -0.1) is 0 Å². The van der Waals surface area contributed by atoms with Crippen LogP contribution in [0.5, 0.6) is 5.75 Å². The standard InChI is InChI=1S/C16H19NO3/c1-12-3-7-15(20-12)11-17-16(18)10-6-13-4-8-14(19-2)9-5-13/h3-5,7-9H,6,10-11H2,1-2H3,(H,17,18). The molecule has 0 aliphatic rings. The molecule has 106 valence electrons. The molecule has 2 rings (SSSR count). The molecule has 4 heteroatoms. The summed E-state index contributed by atoms with van der Waals surface area (Å²) in [5.74, 6) is 2.48. The van der Waals surface area contributed by atoms with Crippen molar-refractivity contribution in [1.82, 2.24) is 5.32 Å². The number of amides is 1. The van der Waals surface area contributed by atoms with Gasteiger partial charge < -0.3 is 14.5 Å². The molecule has 2 aromatic rings. The van der Waals surface area contributed by atoms with E-state index in [4.69, 9.17) is 9.15 Å². The highest BCUT2D eigenvalue weighted by molar-refractivity contribution is 5.76. The summed E-state index contributed by atoms with van der Waals surface area (Å²) >= 11 is 0. The third kappa shape index (κ3) is 4.16. The Labute approximate surface area is 118 Å². The Morgan fingerprint density at radius 1 is 1.20 bits per heavy atom. The number of methoxy groups -OCH3 is 1. The van der Waals surface area contributed by atoms with Crippen LogP contribution in [0.15, 0.2) is 40.8 Å². The van der Waals surface area contributed by atoms with Crippen LogP contribution >= 0.6 is 0 Å². The Balaban J connectivity index is 1.74. The SMILES string of the molecule is COc1ccc(CCC(=O)NCc2ccc(C)o2)cc1. The molecular formula is C16H19NO3. The molecule has 0 aliphatic carbocycles. The molecule has 0 bridgehead atoms. The molecule has 1 heterocycles. The summed E-state index contributed by atoms with van der Waals surface area (Å²) in [7, 11) is 1.64. The maximum absolute atomic E-state index is 11.7. The van der Waals surface area contributed by atoms with Crippen molar-refractivity contribution in [2.45, 2.75) is 26.3 Å². The first-order valence-electron chi connectivity index (χ1n) is 6.62. The third-order valence-corrected chi connectivity index (χ3v) is 3.06. The Bertz CT molecular complexity index is 557. The van der Waals surface area contributed by atoms with Gasteiger partial charge in [0.2, 0.25) is 5.91 Å². The molecule has 0 aliphatic heterocycles. The minimum absolute atomic E-state index is 0.0230. The van der Waals surface area contributed by atoms with E-state index in [1.807, 2.05) is 43.3 Å². The summed E-state index contributed by atoms with van der Waals surface area (Å²) in [6.07, 6.45) is 1.18. The third-order valence-electron chi connectivity index (χ3n) is 3.06. The van der Waals surface area contributed by atoms with Crippen LogP contribution in [-0.2, 0) is 17.8 Å². The number of aryl methyl sites for hydroxylation is 2. The maximum atomic E-state index is 11.7. The van der Waals surface area contributed by atoms with Gasteiger partial charge in [-0.1, -0.05) is 12.1 Å². The number of carbonyl (C=O) groups excluding carboxylic acids is 1. The molecule has 1 aromatic carbocycles. The van der Waals surface area contributed by atoms with Crippen molar-refractivity contribution in [2.24, 2.45) is 0 Å². The van der Waals surface area contributed by atoms with E-state index in [0.29, 0.717) is 19.4 Å². The monoisotopic (exact) mass is 273 g/mol. The smallest absolute Gasteiger partial charge is 0.220 e. The highest BCUT2D eigenvalue weighted by atomic mass is 16.5. The van der Waals surface area contributed by atoms with E-state index in [2.05, 4.69) is 5.32 Å². The van der Waals surface area contributed by atoms with Crippen LogP contribution < -0.4 is 10.1 Å². The Morgan fingerprint density at radius 3 is 2.55 bits per heavy atom. The minimum Gasteiger partial charge on any atom is -0.497 e. The van der Waals surface area contributed by atoms with E-state index in [-0.39, 0.29) is 5.91 Å². The van der Waals surface area contributed by atoms with Gasteiger partial charge in [0.25, 0.3) is 0 Å². The molecule has 4 nitrogen and oxygen atoms in total. The van der Waals surface area contributed by atoms with Crippen LogP contribution in [-0.4, -0.2) is 13.0 Å². The molecule has 0 unspecified atom stereocenters. The van der Waals surface area contributed by atoms with Gasteiger partial charge in [0, 0.05) is 6.42 Å². The highest BCUT2D eigenvalue weighted by Crippen LogP contribution is 2.12. The van der Waals surface area contributed by atoms with E-state index in [0.717, 1.165) is 22.8 Å². The lowest BCUT2D eigenvalue weighted by molar-refractivity contribution is -0.121. The van der Waals surface area contributed by atoms with Crippen molar-refractivity contribution >= 4 is 5.91 Å². The molecule has 0 spiro atoms. The lowest BCUT2D eigenvalue weighted by Gasteiger charge is -2.05. The molecule has 1 amide bonds. The van der Waals surface area contributed by atoms with E-state index in [1.165, 1.54) is 0 Å². The molecule has 1 aromatic heterocycles. The van der Waals surface area contributed by atoms with E-state index < -0.39 is 0 Å². The lowest BCUT2D eigenvalue weighted by Crippen LogP contribution is -2.22. The zero-order chi connectivity index (χ0) is 14.4. The van der Waals surface area contributed by atoms with Crippen LogP contribution in [0, 0.1) is 6.92 Å². The number of ether oxygens (including phenoxy) is 1. The fraction of sp³-hybridized carbons (Fsp3) is 0.312. The van der Waals surface area contributed by atoms with Crippen molar-refractivity contribution < 1.29 is 13.9 Å². The van der Waals surface area contributed by atoms with Gasteiger partial charge in [0.05, 0.1) is 13.7 Å². The first-order valence-corrected chi connectivity index (χ1v) is 6.62. The number of carbonyl (C=O) groups is 1. The quantitative estimate of drug-likeness (QED) is 0.880. The summed E-state index contributed by atoms with van der Waals surface area (Å²) in [6.45, 7) is 2.32. The van der Waals surface area contributed by atoms with Crippen molar-refractivity contribution in [3.05, 3.63) is 53.5 Å². The molecule has 20 heavy (non-hydrogen) atoms. The minimum atomic E-state index is 0.0230. The number of hydrogen-bond donors (Lipinski definition) is 1. The zero-order valence-corrected chi connectivity index (χ0v) is 11.8. The van der Waals surface area contributed by atoms with Crippen LogP contribution in [0.1, 0.15) is 23.5 Å². The fourth-order valence-electron chi connectivity index (χ4n) is 1.90. The number of furan rings is 1. The van der Waals surface area contributed by atoms with Gasteiger partial charge >= 0.3 is 0 Å². The van der Waals surface area contributed by atoms with Crippen molar-refractivity contribution in [2.75, 3.05) is 7.11 Å². The summed E-state index contributed by atoms with van der Waals surface area (Å²) in [5, 5.41) is 2.85. The summed E-state index contributed by atoms with van der Waals surface area (Å²) < 4.78 is 10.5. The second kappa shape index (κ2) is 6.80. The van der Waals surface area contributed by atoms with Gasteiger partial charge in [0.1, 0.15) is 17.3 Å². The molecular weight excluding hydrogens is 254 g/mol. The van der Waals surface area contributed by atoms with Crippen molar-refractivity contribution in [3.8, 4) is 5.75 Å².